The van der Waals surface area contributed by atoms with Crippen LogP contribution in [0.1, 0.15) is 5.56 Å². The summed E-state index contributed by atoms with van der Waals surface area (Å²) in [6.45, 7) is 1.48. The Morgan fingerprint density at radius 2 is 1.97 bits per heavy atom. The van der Waals surface area contributed by atoms with E-state index in [2.05, 4.69) is 5.32 Å². The lowest BCUT2D eigenvalue weighted by atomic mass is 10.2. The third-order valence-corrected chi connectivity index (χ3v) is 4.71. The van der Waals surface area contributed by atoms with E-state index < -0.39 is 5.91 Å². The van der Waals surface area contributed by atoms with E-state index in [4.69, 9.17) is 25.2 Å². The van der Waals surface area contributed by atoms with E-state index in [1.54, 1.807) is 54.6 Å². The molecule has 0 bridgehead atoms. The van der Waals surface area contributed by atoms with Crippen molar-refractivity contribution < 1.29 is 18.4 Å². The molecule has 0 saturated carbocycles. The van der Waals surface area contributed by atoms with Crippen LogP contribution in [0.5, 0.6) is 5.75 Å². The summed E-state index contributed by atoms with van der Waals surface area (Å²) in [5, 5.41) is 3.58. The standard InChI is InChI=1S/C22H16ClNO5/c1-13-8-9-14(11-16(13)23)24-19(25)12-28-22-20(26)15-5-2-3-6-17(15)29-21(22)18-7-4-10-27-18/h2-11H,12H2,1H3,(H,24,25). The quantitative estimate of drug-likeness (QED) is 0.499. The molecule has 4 aromatic rings. The molecule has 2 aromatic carbocycles. The highest BCUT2D eigenvalue weighted by atomic mass is 35.5. The number of hydrogen-bond donors (Lipinski definition) is 1. The van der Waals surface area contributed by atoms with Gasteiger partial charge in [0, 0.05) is 10.7 Å². The lowest BCUT2D eigenvalue weighted by Gasteiger charge is -2.11. The van der Waals surface area contributed by atoms with Crippen LogP contribution in [0.25, 0.3) is 22.5 Å². The zero-order chi connectivity index (χ0) is 20.4. The van der Waals surface area contributed by atoms with E-state index in [9.17, 15) is 9.59 Å². The zero-order valence-electron chi connectivity index (χ0n) is 15.4. The van der Waals surface area contributed by atoms with Crippen LogP contribution in [0.3, 0.4) is 0 Å². The zero-order valence-corrected chi connectivity index (χ0v) is 16.2. The van der Waals surface area contributed by atoms with Gasteiger partial charge in [-0.1, -0.05) is 29.8 Å². The van der Waals surface area contributed by atoms with Gasteiger partial charge in [-0.25, -0.2) is 0 Å². The van der Waals surface area contributed by atoms with Gasteiger partial charge < -0.3 is 18.9 Å². The second-order valence-electron chi connectivity index (χ2n) is 6.36. The molecule has 7 heteroatoms. The highest BCUT2D eigenvalue weighted by Crippen LogP contribution is 2.31. The molecule has 0 aliphatic heterocycles. The molecule has 2 aromatic heterocycles. The third kappa shape index (κ3) is 3.88. The molecule has 1 amide bonds. The monoisotopic (exact) mass is 409 g/mol. The Balaban J connectivity index is 1.62. The number of carbonyl (C=O) groups excluding carboxylic acids is 1. The molecule has 0 aliphatic rings. The van der Waals surface area contributed by atoms with Crippen LogP contribution in [0, 0.1) is 6.92 Å². The first-order valence-electron chi connectivity index (χ1n) is 8.81. The minimum atomic E-state index is -0.442. The van der Waals surface area contributed by atoms with Gasteiger partial charge in [-0.3, -0.25) is 9.59 Å². The third-order valence-electron chi connectivity index (χ3n) is 4.30. The number of anilines is 1. The predicted octanol–water partition coefficient (Wildman–Crippen LogP) is 5.03. The van der Waals surface area contributed by atoms with Crippen LogP contribution in [-0.4, -0.2) is 12.5 Å². The van der Waals surface area contributed by atoms with E-state index in [1.165, 1.54) is 6.26 Å². The van der Waals surface area contributed by atoms with Crippen molar-refractivity contribution in [1.29, 1.82) is 0 Å². The fourth-order valence-corrected chi connectivity index (χ4v) is 3.01. The summed E-state index contributed by atoms with van der Waals surface area (Å²) in [5.74, 6) is -0.0722. The lowest BCUT2D eigenvalue weighted by Crippen LogP contribution is -2.22. The first kappa shape index (κ1) is 18.8. The van der Waals surface area contributed by atoms with Gasteiger partial charge in [0.1, 0.15) is 5.58 Å². The molecule has 29 heavy (non-hydrogen) atoms. The van der Waals surface area contributed by atoms with E-state index in [-0.39, 0.29) is 23.5 Å². The van der Waals surface area contributed by atoms with Gasteiger partial charge >= 0.3 is 0 Å². The van der Waals surface area contributed by atoms with Crippen LogP contribution in [-0.2, 0) is 4.79 Å². The summed E-state index contributed by atoms with van der Waals surface area (Å²) in [5.41, 5.74) is 1.45. The number of carbonyl (C=O) groups is 1. The van der Waals surface area contributed by atoms with Gasteiger partial charge in [-0.15, -0.1) is 0 Å². The Morgan fingerprint density at radius 1 is 1.14 bits per heavy atom. The number of furan rings is 1. The number of halogens is 1. The van der Waals surface area contributed by atoms with Crippen LogP contribution >= 0.6 is 11.6 Å². The largest absolute Gasteiger partial charge is 0.476 e. The van der Waals surface area contributed by atoms with Crippen LogP contribution in [0.2, 0.25) is 5.02 Å². The van der Waals surface area contributed by atoms with Gasteiger partial charge in [-0.05, 0) is 48.9 Å². The number of ether oxygens (including phenoxy) is 1. The minimum absolute atomic E-state index is 0.0873. The van der Waals surface area contributed by atoms with Gasteiger partial charge in [0.05, 0.1) is 11.6 Å². The predicted molar refractivity (Wildman–Crippen MR) is 110 cm³/mol. The van der Waals surface area contributed by atoms with Crippen LogP contribution in [0.15, 0.2) is 74.5 Å². The van der Waals surface area contributed by atoms with Crippen LogP contribution in [0.4, 0.5) is 5.69 Å². The smallest absolute Gasteiger partial charge is 0.262 e. The van der Waals surface area contributed by atoms with Crippen molar-refractivity contribution in [1.82, 2.24) is 0 Å². The second-order valence-corrected chi connectivity index (χ2v) is 6.77. The maximum Gasteiger partial charge on any atom is 0.262 e. The molecule has 6 nitrogen and oxygen atoms in total. The molecule has 0 atom stereocenters. The number of para-hydroxylation sites is 1. The van der Waals surface area contributed by atoms with Crippen molar-refractivity contribution in [2.45, 2.75) is 6.92 Å². The Kier molecular flexibility index (Phi) is 5.10. The maximum atomic E-state index is 12.9. The number of nitrogens with one attached hydrogen (secondary N) is 1. The van der Waals surface area contributed by atoms with Gasteiger partial charge in [0.15, 0.2) is 12.4 Å². The average Bonchev–Trinajstić information content (AvgIpc) is 3.25. The average molecular weight is 410 g/mol. The molecule has 0 spiro atoms. The summed E-state index contributed by atoms with van der Waals surface area (Å²) in [7, 11) is 0. The van der Waals surface area contributed by atoms with E-state index in [0.717, 1.165) is 5.56 Å². The Hall–Kier alpha value is -3.51. The van der Waals surface area contributed by atoms with Crippen molar-refractivity contribution in [3.05, 3.63) is 81.7 Å². The molecule has 4 rings (SSSR count). The molecule has 0 aliphatic carbocycles. The maximum absolute atomic E-state index is 12.9. The SMILES string of the molecule is Cc1ccc(NC(=O)COc2c(-c3ccco3)oc3ccccc3c2=O)cc1Cl. The number of rotatable bonds is 5. The summed E-state index contributed by atoms with van der Waals surface area (Å²) in [4.78, 5) is 25.2. The summed E-state index contributed by atoms with van der Waals surface area (Å²) < 4.78 is 16.8. The molecular weight excluding hydrogens is 394 g/mol. The molecular formula is C22H16ClNO5. The lowest BCUT2D eigenvalue weighted by molar-refractivity contribution is -0.118. The molecule has 0 radical (unpaired) electrons. The van der Waals surface area contributed by atoms with E-state index >= 15 is 0 Å². The number of amides is 1. The Bertz CT molecular complexity index is 1240. The van der Waals surface area contributed by atoms with Crippen molar-refractivity contribution >= 4 is 34.2 Å². The topological polar surface area (TPSA) is 81.7 Å². The Labute approximate surface area is 170 Å². The first-order valence-corrected chi connectivity index (χ1v) is 9.19. The van der Waals surface area contributed by atoms with Gasteiger partial charge in [0.25, 0.3) is 5.91 Å². The number of aryl methyl sites for hydroxylation is 1. The fraction of sp³-hybridized carbons (Fsp3) is 0.0909. The highest BCUT2D eigenvalue weighted by molar-refractivity contribution is 6.31. The van der Waals surface area contributed by atoms with Crippen LogP contribution < -0.4 is 15.5 Å². The highest BCUT2D eigenvalue weighted by Gasteiger charge is 2.20. The van der Waals surface area contributed by atoms with Gasteiger partial charge in [-0.2, -0.15) is 0 Å². The molecule has 2 heterocycles. The number of hydrogen-bond acceptors (Lipinski definition) is 5. The second kappa shape index (κ2) is 7.85. The molecule has 0 fully saturated rings. The molecule has 146 valence electrons. The number of fused-ring (bicyclic) bond motifs is 1. The molecule has 0 saturated heterocycles. The van der Waals surface area contributed by atoms with Crippen molar-refractivity contribution in [2.24, 2.45) is 0 Å². The van der Waals surface area contributed by atoms with Gasteiger partial charge in [0.2, 0.25) is 16.9 Å². The summed E-state index contributed by atoms with van der Waals surface area (Å²) in [6, 6.07) is 15.3. The summed E-state index contributed by atoms with van der Waals surface area (Å²) in [6.07, 6.45) is 1.46. The normalized spacial score (nSPS) is 10.8. The Morgan fingerprint density at radius 3 is 2.72 bits per heavy atom. The van der Waals surface area contributed by atoms with Crippen molar-refractivity contribution in [3.8, 4) is 17.3 Å². The molecule has 1 N–H and O–H groups in total. The minimum Gasteiger partial charge on any atom is -0.476 e. The van der Waals surface area contributed by atoms with E-state index in [1.807, 2.05) is 6.92 Å². The van der Waals surface area contributed by atoms with E-state index in [0.29, 0.717) is 27.4 Å². The fourth-order valence-electron chi connectivity index (χ4n) is 2.83. The molecule has 0 unspecified atom stereocenters. The van der Waals surface area contributed by atoms with Crippen molar-refractivity contribution in [2.75, 3.05) is 11.9 Å². The van der Waals surface area contributed by atoms with Crippen molar-refractivity contribution in [3.63, 3.8) is 0 Å². The summed E-state index contributed by atoms with van der Waals surface area (Å²) >= 11 is 6.08. The first-order chi connectivity index (χ1) is 14.0. The number of benzene rings is 2.